The first kappa shape index (κ1) is 10.6. The van der Waals surface area contributed by atoms with E-state index in [-0.39, 0.29) is 6.42 Å². The summed E-state index contributed by atoms with van der Waals surface area (Å²) in [4.78, 5) is 21.7. The minimum Gasteiger partial charge on any atom is -0.501 e. The molecule has 0 aromatic heterocycles. The van der Waals surface area contributed by atoms with Gasteiger partial charge in [0.15, 0.2) is 0 Å². The third-order valence-electron chi connectivity index (χ3n) is 1.57. The van der Waals surface area contributed by atoms with Gasteiger partial charge in [-0.3, -0.25) is 9.59 Å². The molecule has 0 saturated carbocycles. The molecule has 78 valence electrons. The second kappa shape index (κ2) is 4.64. The summed E-state index contributed by atoms with van der Waals surface area (Å²) < 4.78 is 14.5. The highest BCUT2D eigenvalue weighted by atomic mass is 16.7. The number of esters is 2. The van der Waals surface area contributed by atoms with Gasteiger partial charge in [-0.05, 0) is 13.8 Å². The van der Waals surface area contributed by atoms with E-state index in [4.69, 9.17) is 14.2 Å². The van der Waals surface area contributed by atoms with Crippen molar-refractivity contribution in [1.29, 1.82) is 0 Å². The maximum absolute atomic E-state index is 10.9. The minimum atomic E-state index is -0.935. The normalized spacial score (nSPS) is 18.9. The van der Waals surface area contributed by atoms with Gasteiger partial charge in [-0.2, -0.15) is 0 Å². The van der Waals surface area contributed by atoms with E-state index < -0.39 is 18.2 Å². The number of ether oxygens (including phenoxy) is 3. The first-order valence-corrected chi connectivity index (χ1v) is 4.30. The van der Waals surface area contributed by atoms with E-state index in [0.717, 1.165) is 0 Å². The largest absolute Gasteiger partial charge is 0.501 e. The van der Waals surface area contributed by atoms with Crippen LogP contribution in [0.3, 0.4) is 0 Å². The van der Waals surface area contributed by atoms with Gasteiger partial charge >= 0.3 is 11.9 Å². The molecule has 0 aromatic rings. The molecule has 1 rings (SSSR count). The molecule has 1 fully saturated rings. The Morgan fingerprint density at radius 2 is 2.07 bits per heavy atom. The molecule has 0 radical (unpaired) electrons. The summed E-state index contributed by atoms with van der Waals surface area (Å²) in [6.07, 6.45) is 0.157. The van der Waals surface area contributed by atoms with Gasteiger partial charge in [0.05, 0.1) is 12.9 Å². The van der Waals surface area contributed by atoms with Gasteiger partial charge in [-0.15, -0.1) is 0 Å². The minimum absolute atomic E-state index is 0.321. The van der Waals surface area contributed by atoms with Crippen molar-refractivity contribution in [2.75, 3.05) is 6.61 Å². The number of rotatable bonds is 3. The second-order valence-electron chi connectivity index (χ2n) is 2.81. The monoisotopic (exact) mass is 200 g/mol. The van der Waals surface area contributed by atoms with Gasteiger partial charge in [0.25, 0.3) is 6.29 Å². The van der Waals surface area contributed by atoms with E-state index >= 15 is 0 Å². The van der Waals surface area contributed by atoms with E-state index in [1.165, 1.54) is 6.26 Å². The van der Waals surface area contributed by atoms with Gasteiger partial charge in [0, 0.05) is 5.57 Å². The summed E-state index contributed by atoms with van der Waals surface area (Å²) in [6.45, 7) is 3.99. The predicted octanol–water partition coefficient (Wildman–Crippen LogP) is 0.743. The molecule has 5 heteroatoms. The van der Waals surface area contributed by atoms with Crippen LogP contribution in [0.5, 0.6) is 0 Å². The van der Waals surface area contributed by atoms with Crippen LogP contribution in [-0.4, -0.2) is 24.8 Å². The molecule has 0 bridgehead atoms. The van der Waals surface area contributed by atoms with E-state index in [9.17, 15) is 9.59 Å². The van der Waals surface area contributed by atoms with Crippen LogP contribution >= 0.6 is 0 Å². The van der Waals surface area contributed by atoms with Gasteiger partial charge in [0.2, 0.25) is 0 Å². The fourth-order valence-corrected chi connectivity index (χ4v) is 0.920. The molecule has 0 N–H and O–H groups in total. The molecule has 0 unspecified atom stereocenters. The molecule has 0 amide bonds. The van der Waals surface area contributed by atoms with Crippen molar-refractivity contribution >= 4 is 11.9 Å². The zero-order valence-corrected chi connectivity index (χ0v) is 8.11. The van der Waals surface area contributed by atoms with Gasteiger partial charge in [-0.1, -0.05) is 0 Å². The van der Waals surface area contributed by atoms with Crippen LogP contribution in [-0.2, 0) is 23.8 Å². The fraction of sp³-hybridized carbons (Fsp3) is 0.556. The molecule has 14 heavy (non-hydrogen) atoms. The Morgan fingerprint density at radius 1 is 1.50 bits per heavy atom. The van der Waals surface area contributed by atoms with Crippen molar-refractivity contribution in [2.24, 2.45) is 0 Å². The van der Waals surface area contributed by atoms with Crippen molar-refractivity contribution in [2.45, 2.75) is 26.6 Å². The second-order valence-corrected chi connectivity index (χ2v) is 2.81. The third kappa shape index (κ3) is 2.76. The predicted molar refractivity (Wildman–Crippen MR) is 46.0 cm³/mol. The highest BCUT2D eigenvalue weighted by molar-refractivity contribution is 5.92. The zero-order chi connectivity index (χ0) is 10.6. The maximum atomic E-state index is 10.9. The standard InChI is InChI=1S/C9H12O5/c1-3-12-5-6(2)9-13-7(10)4-8(11)14-9/h5,9H,3-4H2,1-2H3. The molecular formula is C9H12O5. The lowest BCUT2D eigenvalue weighted by Gasteiger charge is -2.22. The molecule has 1 heterocycles. The first-order chi connectivity index (χ1) is 6.63. The maximum Gasteiger partial charge on any atom is 0.320 e. The molecule has 0 spiro atoms. The van der Waals surface area contributed by atoms with Gasteiger partial charge in [0.1, 0.15) is 6.42 Å². The highest BCUT2D eigenvalue weighted by Gasteiger charge is 2.28. The SMILES string of the molecule is CCOC=C(C)C1OC(=O)CC(=O)O1. The molecule has 1 saturated heterocycles. The van der Waals surface area contributed by atoms with Crippen LogP contribution in [0, 0.1) is 0 Å². The Balaban J connectivity index is 2.58. The van der Waals surface area contributed by atoms with E-state index in [1.807, 2.05) is 6.92 Å². The summed E-state index contributed by atoms with van der Waals surface area (Å²) in [6, 6.07) is 0. The number of hydrogen-bond acceptors (Lipinski definition) is 5. The molecule has 5 nitrogen and oxygen atoms in total. The van der Waals surface area contributed by atoms with Gasteiger partial charge < -0.3 is 14.2 Å². The van der Waals surface area contributed by atoms with Crippen LogP contribution in [0.4, 0.5) is 0 Å². The van der Waals surface area contributed by atoms with Crippen molar-refractivity contribution in [1.82, 2.24) is 0 Å². The molecule has 1 aliphatic heterocycles. The lowest BCUT2D eigenvalue weighted by molar-refractivity contribution is -0.196. The molecule has 0 aromatic carbocycles. The summed E-state index contributed by atoms with van der Waals surface area (Å²) in [7, 11) is 0. The van der Waals surface area contributed by atoms with Crippen LogP contribution in [0.2, 0.25) is 0 Å². The fourth-order valence-electron chi connectivity index (χ4n) is 0.920. The molecule has 0 atom stereocenters. The van der Waals surface area contributed by atoms with Crippen LogP contribution in [0.1, 0.15) is 20.3 Å². The van der Waals surface area contributed by atoms with Gasteiger partial charge in [-0.25, -0.2) is 0 Å². The van der Waals surface area contributed by atoms with Crippen LogP contribution in [0.15, 0.2) is 11.8 Å². The van der Waals surface area contributed by atoms with E-state index in [1.54, 1.807) is 6.92 Å². The zero-order valence-electron chi connectivity index (χ0n) is 8.11. The van der Waals surface area contributed by atoms with Crippen molar-refractivity contribution < 1.29 is 23.8 Å². The summed E-state index contributed by atoms with van der Waals surface area (Å²) >= 11 is 0. The van der Waals surface area contributed by atoms with Crippen LogP contribution in [0.25, 0.3) is 0 Å². The molecule has 1 aliphatic rings. The Morgan fingerprint density at radius 3 is 2.57 bits per heavy atom. The average Bonchev–Trinajstić information content (AvgIpc) is 2.12. The summed E-state index contributed by atoms with van der Waals surface area (Å²) in [5.74, 6) is -1.15. The van der Waals surface area contributed by atoms with E-state index in [0.29, 0.717) is 12.2 Å². The topological polar surface area (TPSA) is 61.8 Å². The summed E-state index contributed by atoms with van der Waals surface area (Å²) in [5.41, 5.74) is 0.549. The highest BCUT2D eigenvalue weighted by Crippen LogP contribution is 2.15. The smallest absolute Gasteiger partial charge is 0.320 e. The summed E-state index contributed by atoms with van der Waals surface area (Å²) in [5, 5.41) is 0. The lowest BCUT2D eigenvalue weighted by atomic mass is 10.3. The quantitative estimate of drug-likeness (QED) is 0.382. The Hall–Kier alpha value is -1.52. The number of hydrogen-bond donors (Lipinski definition) is 0. The Labute approximate surface area is 81.6 Å². The first-order valence-electron chi connectivity index (χ1n) is 4.30. The molecule has 0 aliphatic carbocycles. The van der Waals surface area contributed by atoms with Crippen molar-refractivity contribution in [3.8, 4) is 0 Å². The Kier molecular flexibility index (Phi) is 3.50. The average molecular weight is 200 g/mol. The number of carbonyl (C=O) groups is 2. The van der Waals surface area contributed by atoms with Crippen LogP contribution < -0.4 is 0 Å². The van der Waals surface area contributed by atoms with E-state index in [2.05, 4.69) is 0 Å². The molecular weight excluding hydrogens is 188 g/mol. The number of carbonyl (C=O) groups excluding carboxylic acids is 2. The Bertz CT molecular complexity index is 252. The van der Waals surface area contributed by atoms with Crippen molar-refractivity contribution in [3.05, 3.63) is 11.8 Å². The number of cyclic esters (lactones) is 2. The van der Waals surface area contributed by atoms with Crippen molar-refractivity contribution in [3.63, 3.8) is 0 Å². The third-order valence-corrected chi connectivity index (χ3v) is 1.57. The lowest BCUT2D eigenvalue weighted by Crippen LogP contribution is -2.33.